The van der Waals surface area contributed by atoms with E-state index in [2.05, 4.69) is 13.8 Å². The lowest BCUT2D eigenvalue weighted by atomic mass is 9.40. The molecule has 3 heteroatoms. The van der Waals surface area contributed by atoms with Gasteiger partial charge in [0.1, 0.15) is 0 Å². The van der Waals surface area contributed by atoms with Crippen molar-refractivity contribution in [1.82, 2.24) is 4.90 Å². The van der Waals surface area contributed by atoms with Crippen LogP contribution < -0.4 is 5.73 Å². The number of carbonyl (C=O) groups is 1. The first-order chi connectivity index (χ1) is 9.68. The Bertz CT molecular complexity index is 428. The Labute approximate surface area is 129 Å². The summed E-state index contributed by atoms with van der Waals surface area (Å²) in [5, 5.41) is 0. The lowest BCUT2D eigenvalue weighted by molar-refractivity contribution is -0.161. The molecule has 3 atom stereocenters. The summed E-state index contributed by atoms with van der Waals surface area (Å²) in [5.74, 6) is 1.17. The van der Waals surface area contributed by atoms with Crippen LogP contribution in [-0.2, 0) is 4.79 Å². The molecule has 0 heterocycles. The van der Waals surface area contributed by atoms with Crippen LogP contribution in [0.2, 0.25) is 0 Å². The predicted octanol–water partition coefficient (Wildman–Crippen LogP) is 3.18. The Morgan fingerprint density at radius 2 is 1.76 bits per heavy atom. The van der Waals surface area contributed by atoms with Crippen molar-refractivity contribution in [2.45, 2.75) is 71.8 Å². The summed E-state index contributed by atoms with van der Waals surface area (Å²) >= 11 is 0. The van der Waals surface area contributed by atoms with Crippen LogP contribution in [-0.4, -0.2) is 30.4 Å². The molecule has 21 heavy (non-hydrogen) atoms. The smallest absolute Gasteiger partial charge is 0.223 e. The fourth-order valence-corrected chi connectivity index (χ4v) is 6.73. The summed E-state index contributed by atoms with van der Waals surface area (Å²) in [7, 11) is 1.92. The van der Waals surface area contributed by atoms with E-state index in [9.17, 15) is 4.79 Å². The second kappa shape index (κ2) is 4.71. The van der Waals surface area contributed by atoms with Crippen molar-refractivity contribution in [3.05, 3.63) is 0 Å². The van der Waals surface area contributed by atoms with E-state index in [1.807, 2.05) is 18.9 Å². The minimum absolute atomic E-state index is 0.151. The van der Waals surface area contributed by atoms with Crippen molar-refractivity contribution >= 4 is 5.91 Å². The van der Waals surface area contributed by atoms with Gasteiger partial charge in [-0.15, -0.1) is 0 Å². The maximum atomic E-state index is 12.7. The highest BCUT2D eigenvalue weighted by atomic mass is 16.2. The zero-order valence-corrected chi connectivity index (χ0v) is 14.2. The first kappa shape index (κ1) is 15.3. The molecule has 2 N–H and O–H groups in total. The van der Waals surface area contributed by atoms with Crippen molar-refractivity contribution < 1.29 is 4.79 Å². The van der Waals surface area contributed by atoms with Crippen LogP contribution in [0.5, 0.6) is 0 Å². The Kier molecular flexibility index (Phi) is 3.44. The summed E-state index contributed by atoms with van der Waals surface area (Å²) in [5.41, 5.74) is 6.99. The second-order valence-electron chi connectivity index (χ2n) is 9.40. The predicted molar refractivity (Wildman–Crippen MR) is 85.7 cm³/mol. The van der Waals surface area contributed by atoms with Gasteiger partial charge in [-0.1, -0.05) is 13.8 Å². The number of likely N-dealkylation sites (N-methyl/N-ethyl adjacent to an activating group) is 1. The number of nitrogens with zero attached hydrogens (tertiary/aromatic N) is 1. The van der Waals surface area contributed by atoms with Crippen LogP contribution in [0.1, 0.15) is 65.7 Å². The minimum atomic E-state index is 0.151. The molecule has 3 unspecified atom stereocenters. The number of nitrogens with two attached hydrogens (primary N) is 1. The molecular weight excluding hydrogens is 260 g/mol. The lowest BCUT2D eigenvalue weighted by Gasteiger charge is -2.65. The van der Waals surface area contributed by atoms with Crippen LogP contribution in [0.25, 0.3) is 0 Å². The van der Waals surface area contributed by atoms with E-state index in [0.29, 0.717) is 23.3 Å². The van der Waals surface area contributed by atoms with Crippen LogP contribution in [0.3, 0.4) is 0 Å². The number of amides is 1. The fourth-order valence-electron chi connectivity index (χ4n) is 6.73. The topological polar surface area (TPSA) is 46.3 Å². The normalized spacial score (nSPS) is 45.7. The largest absolute Gasteiger partial charge is 0.342 e. The molecule has 4 bridgehead atoms. The summed E-state index contributed by atoms with van der Waals surface area (Å²) in [4.78, 5) is 14.6. The van der Waals surface area contributed by atoms with Crippen LogP contribution in [0.15, 0.2) is 0 Å². The second-order valence-corrected chi connectivity index (χ2v) is 9.40. The molecule has 1 amide bonds. The molecule has 4 rings (SSSR count). The summed E-state index contributed by atoms with van der Waals surface area (Å²) in [6.45, 7) is 7.54. The van der Waals surface area contributed by atoms with Gasteiger partial charge >= 0.3 is 0 Å². The first-order valence-electron chi connectivity index (χ1n) is 8.64. The molecule has 0 aromatic rings. The highest BCUT2D eigenvalue weighted by Gasteiger charge is 2.60. The van der Waals surface area contributed by atoms with Crippen LogP contribution in [0, 0.1) is 22.2 Å². The van der Waals surface area contributed by atoms with E-state index in [-0.39, 0.29) is 11.5 Å². The number of hydrogen-bond donors (Lipinski definition) is 1. The number of carbonyl (C=O) groups excluding carboxylic acids is 1. The third-order valence-corrected chi connectivity index (χ3v) is 6.66. The third kappa shape index (κ3) is 2.62. The molecule has 0 radical (unpaired) electrons. The molecule has 3 nitrogen and oxygen atoms in total. The van der Waals surface area contributed by atoms with Gasteiger partial charge in [-0.2, -0.15) is 0 Å². The Morgan fingerprint density at radius 1 is 1.19 bits per heavy atom. The van der Waals surface area contributed by atoms with E-state index in [1.54, 1.807) is 0 Å². The average molecular weight is 292 g/mol. The fraction of sp³-hybridized carbons (Fsp3) is 0.944. The minimum Gasteiger partial charge on any atom is -0.342 e. The van der Waals surface area contributed by atoms with Crippen molar-refractivity contribution in [2.75, 3.05) is 13.6 Å². The van der Waals surface area contributed by atoms with Gasteiger partial charge in [0.05, 0.1) is 0 Å². The first-order valence-corrected chi connectivity index (χ1v) is 8.64. The van der Waals surface area contributed by atoms with Gasteiger partial charge in [-0.05, 0) is 67.6 Å². The Hall–Kier alpha value is -0.570. The molecular formula is C18H32N2O. The molecule has 0 aromatic heterocycles. The SMILES string of the molecule is CC(CN)N(C)C(=O)CC12CC3CC(C)(CC(C)(C3)C1)C2. The molecule has 0 saturated heterocycles. The molecule has 120 valence electrons. The Balaban J connectivity index is 1.77. The highest BCUT2D eigenvalue weighted by Crippen LogP contribution is 2.70. The van der Waals surface area contributed by atoms with Gasteiger partial charge in [0.2, 0.25) is 5.91 Å². The van der Waals surface area contributed by atoms with E-state index in [4.69, 9.17) is 5.73 Å². The van der Waals surface area contributed by atoms with E-state index in [1.165, 1.54) is 38.5 Å². The molecule has 4 saturated carbocycles. The summed E-state index contributed by atoms with van der Waals surface area (Å²) in [6, 6.07) is 0.151. The van der Waals surface area contributed by atoms with E-state index < -0.39 is 0 Å². The van der Waals surface area contributed by atoms with Crippen LogP contribution >= 0.6 is 0 Å². The van der Waals surface area contributed by atoms with Gasteiger partial charge in [0, 0.05) is 26.1 Å². The number of rotatable bonds is 4. The van der Waals surface area contributed by atoms with Crippen LogP contribution in [0.4, 0.5) is 0 Å². The average Bonchev–Trinajstić information content (AvgIpc) is 2.31. The zero-order chi connectivity index (χ0) is 15.5. The van der Waals surface area contributed by atoms with Crippen molar-refractivity contribution in [1.29, 1.82) is 0 Å². The molecule has 0 spiro atoms. The van der Waals surface area contributed by atoms with E-state index in [0.717, 1.165) is 12.3 Å². The van der Waals surface area contributed by atoms with Gasteiger partial charge in [-0.3, -0.25) is 4.79 Å². The van der Waals surface area contributed by atoms with Crippen molar-refractivity contribution in [2.24, 2.45) is 27.9 Å². The molecule has 4 aliphatic rings. The van der Waals surface area contributed by atoms with Gasteiger partial charge < -0.3 is 10.6 Å². The molecule has 0 aliphatic heterocycles. The monoisotopic (exact) mass is 292 g/mol. The summed E-state index contributed by atoms with van der Waals surface area (Å²) in [6.07, 6.45) is 8.73. The highest BCUT2D eigenvalue weighted by molar-refractivity contribution is 5.77. The summed E-state index contributed by atoms with van der Waals surface area (Å²) < 4.78 is 0. The molecule has 4 aliphatic carbocycles. The maximum Gasteiger partial charge on any atom is 0.223 e. The van der Waals surface area contributed by atoms with Gasteiger partial charge in [-0.25, -0.2) is 0 Å². The zero-order valence-electron chi connectivity index (χ0n) is 14.2. The van der Waals surface area contributed by atoms with Gasteiger partial charge in [0.15, 0.2) is 0 Å². The molecule has 4 fully saturated rings. The lowest BCUT2D eigenvalue weighted by Crippen LogP contribution is -2.56. The number of hydrogen-bond acceptors (Lipinski definition) is 2. The third-order valence-electron chi connectivity index (χ3n) is 6.66. The van der Waals surface area contributed by atoms with Gasteiger partial charge in [0.25, 0.3) is 0 Å². The quantitative estimate of drug-likeness (QED) is 0.865. The van der Waals surface area contributed by atoms with Crippen molar-refractivity contribution in [3.63, 3.8) is 0 Å². The Morgan fingerprint density at radius 3 is 2.24 bits per heavy atom. The standard InChI is InChI=1S/C18H32N2O/c1-13(9-19)20(4)15(21)8-18-7-14-5-16(2,11-18)10-17(3,6-14)12-18/h13-14H,5-12,19H2,1-4H3. The maximum absolute atomic E-state index is 12.7. The van der Waals surface area contributed by atoms with Crippen molar-refractivity contribution in [3.8, 4) is 0 Å². The van der Waals surface area contributed by atoms with E-state index >= 15 is 0 Å². The molecule has 0 aromatic carbocycles.